The molecule has 122 valence electrons. The van der Waals surface area contributed by atoms with Crippen molar-refractivity contribution in [2.75, 3.05) is 7.11 Å². The largest absolute Gasteiger partial charge is 0.494 e. The van der Waals surface area contributed by atoms with Crippen LogP contribution in [0.25, 0.3) is 0 Å². The van der Waals surface area contributed by atoms with Crippen molar-refractivity contribution >= 4 is 11.7 Å². The lowest BCUT2D eigenvalue weighted by Gasteiger charge is -2.06. The zero-order valence-electron chi connectivity index (χ0n) is 13.0. The Morgan fingerprint density at radius 1 is 1.35 bits per heavy atom. The van der Waals surface area contributed by atoms with Gasteiger partial charge in [0, 0.05) is 37.8 Å². The van der Waals surface area contributed by atoms with Crippen molar-refractivity contribution in [1.29, 1.82) is 0 Å². The molecule has 1 amide bonds. The van der Waals surface area contributed by atoms with Crippen LogP contribution in [0.1, 0.15) is 29.0 Å². The standard InChI is InChI=1S/C16H18FN3O3/c1-20-8-7-18-15(20)10-19-16(22)6-4-13(21)11-3-5-14(23-2)12(17)9-11/h3,5,7-9H,4,6,10H2,1-2H3,(H,19,22). The summed E-state index contributed by atoms with van der Waals surface area (Å²) < 4.78 is 20.2. The molecule has 0 aliphatic rings. The highest BCUT2D eigenvalue weighted by atomic mass is 19.1. The quantitative estimate of drug-likeness (QED) is 0.791. The first-order chi connectivity index (χ1) is 11.0. The maximum atomic E-state index is 13.6. The molecule has 1 heterocycles. The van der Waals surface area contributed by atoms with Gasteiger partial charge in [0.1, 0.15) is 5.82 Å². The molecule has 7 heteroatoms. The summed E-state index contributed by atoms with van der Waals surface area (Å²) in [5.74, 6) is -0.345. The number of rotatable bonds is 7. The maximum absolute atomic E-state index is 13.6. The Balaban J connectivity index is 1.83. The number of halogens is 1. The van der Waals surface area contributed by atoms with Gasteiger partial charge in [-0.3, -0.25) is 9.59 Å². The fraction of sp³-hybridized carbons (Fsp3) is 0.312. The summed E-state index contributed by atoms with van der Waals surface area (Å²) in [4.78, 5) is 27.8. The number of aryl methyl sites for hydroxylation is 1. The highest BCUT2D eigenvalue weighted by molar-refractivity contribution is 5.98. The van der Waals surface area contributed by atoms with Crippen molar-refractivity contribution in [2.45, 2.75) is 19.4 Å². The molecule has 23 heavy (non-hydrogen) atoms. The molecule has 0 bridgehead atoms. The summed E-state index contributed by atoms with van der Waals surface area (Å²) in [6.07, 6.45) is 3.47. The van der Waals surface area contributed by atoms with Gasteiger partial charge in [-0.1, -0.05) is 0 Å². The van der Waals surface area contributed by atoms with Gasteiger partial charge in [0.05, 0.1) is 13.7 Å². The van der Waals surface area contributed by atoms with Crippen molar-refractivity contribution in [1.82, 2.24) is 14.9 Å². The molecule has 0 spiro atoms. The SMILES string of the molecule is COc1ccc(C(=O)CCC(=O)NCc2nccn2C)cc1F. The number of hydrogen-bond donors (Lipinski definition) is 1. The Morgan fingerprint density at radius 2 is 2.13 bits per heavy atom. The first-order valence-electron chi connectivity index (χ1n) is 7.11. The fourth-order valence-corrected chi connectivity index (χ4v) is 2.04. The predicted molar refractivity (Wildman–Crippen MR) is 81.6 cm³/mol. The van der Waals surface area contributed by atoms with E-state index < -0.39 is 5.82 Å². The van der Waals surface area contributed by atoms with E-state index in [1.54, 1.807) is 17.0 Å². The van der Waals surface area contributed by atoms with E-state index in [1.807, 2.05) is 7.05 Å². The Kier molecular flexibility index (Phi) is 5.46. The van der Waals surface area contributed by atoms with Gasteiger partial charge in [-0.25, -0.2) is 9.37 Å². The number of Topliss-reactive ketones (excluding diaryl/α,β-unsaturated/α-hetero) is 1. The Hall–Kier alpha value is -2.70. The van der Waals surface area contributed by atoms with Crippen molar-refractivity contribution in [3.05, 3.63) is 47.8 Å². The van der Waals surface area contributed by atoms with E-state index in [0.29, 0.717) is 6.54 Å². The topological polar surface area (TPSA) is 73.2 Å². The first kappa shape index (κ1) is 16.7. The summed E-state index contributed by atoms with van der Waals surface area (Å²) in [6, 6.07) is 3.99. The van der Waals surface area contributed by atoms with Crippen LogP contribution in [0, 0.1) is 5.82 Å². The molecule has 0 unspecified atom stereocenters. The van der Waals surface area contributed by atoms with E-state index in [4.69, 9.17) is 4.74 Å². The van der Waals surface area contributed by atoms with E-state index in [1.165, 1.54) is 19.2 Å². The minimum Gasteiger partial charge on any atom is -0.494 e. The first-order valence-corrected chi connectivity index (χ1v) is 7.11. The number of benzene rings is 1. The molecule has 1 N–H and O–H groups in total. The van der Waals surface area contributed by atoms with Crippen LogP contribution < -0.4 is 10.1 Å². The second kappa shape index (κ2) is 7.53. The van der Waals surface area contributed by atoms with Crippen LogP contribution in [-0.4, -0.2) is 28.4 Å². The van der Waals surface area contributed by atoms with Crippen molar-refractivity contribution < 1.29 is 18.7 Å². The lowest BCUT2D eigenvalue weighted by Crippen LogP contribution is -2.24. The van der Waals surface area contributed by atoms with Crippen molar-refractivity contribution in [3.8, 4) is 5.75 Å². The van der Waals surface area contributed by atoms with Gasteiger partial charge in [-0.2, -0.15) is 0 Å². The molecule has 0 aliphatic heterocycles. The average molecular weight is 319 g/mol. The highest BCUT2D eigenvalue weighted by Gasteiger charge is 2.12. The molecule has 0 fully saturated rings. The number of hydrogen-bond acceptors (Lipinski definition) is 4. The number of nitrogens with zero attached hydrogens (tertiary/aromatic N) is 2. The summed E-state index contributed by atoms with van der Waals surface area (Å²) in [5.41, 5.74) is 0.222. The van der Waals surface area contributed by atoms with Crippen LogP contribution in [0.2, 0.25) is 0 Å². The predicted octanol–water partition coefficient (Wildman–Crippen LogP) is 1.85. The third-order valence-corrected chi connectivity index (χ3v) is 3.42. The fourth-order valence-electron chi connectivity index (χ4n) is 2.04. The van der Waals surface area contributed by atoms with Gasteiger partial charge in [-0.05, 0) is 18.2 Å². The van der Waals surface area contributed by atoms with Gasteiger partial charge in [-0.15, -0.1) is 0 Å². The van der Waals surface area contributed by atoms with E-state index >= 15 is 0 Å². The number of ether oxygens (including phenoxy) is 1. The van der Waals surface area contributed by atoms with Gasteiger partial charge in [0.15, 0.2) is 17.3 Å². The molecule has 2 rings (SSSR count). The van der Waals surface area contributed by atoms with E-state index in [9.17, 15) is 14.0 Å². The molecule has 6 nitrogen and oxygen atoms in total. The second-order valence-electron chi connectivity index (χ2n) is 5.00. The van der Waals surface area contributed by atoms with Gasteiger partial charge in [0.25, 0.3) is 0 Å². The molecule has 0 radical (unpaired) electrons. The minimum absolute atomic E-state index is 0.0121. The molecule has 0 saturated carbocycles. The molecule has 2 aromatic rings. The smallest absolute Gasteiger partial charge is 0.220 e. The number of imidazole rings is 1. The Labute approximate surface area is 133 Å². The number of ketones is 1. The van der Waals surface area contributed by atoms with Crippen LogP contribution >= 0.6 is 0 Å². The molecular formula is C16H18FN3O3. The van der Waals surface area contributed by atoms with Crippen LogP contribution in [0.3, 0.4) is 0 Å². The monoisotopic (exact) mass is 319 g/mol. The van der Waals surface area contributed by atoms with Gasteiger partial charge in [0.2, 0.25) is 5.91 Å². The summed E-state index contributed by atoms with van der Waals surface area (Å²) in [7, 11) is 3.18. The number of amides is 1. The van der Waals surface area contributed by atoms with Gasteiger partial charge < -0.3 is 14.6 Å². The number of carbonyl (C=O) groups excluding carboxylic acids is 2. The van der Waals surface area contributed by atoms with Crippen LogP contribution in [0.5, 0.6) is 5.75 Å². The Morgan fingerprint density at radius 3 is 2.74 bits per heavy atom. The lowest BCUT2D eigenvalue weighted by atomic mass is 10.1. The zero-order valence-corrected chi connectivity index (χ0v) is 13.0. The number of nitrogens with one attached hydrogen (secondary N) is 1. The van der Waals surface area contributed by atoms with Crippen LogP contribution in [0.15, 0.2) is 30.6 Å². The van der Waals surface area contributed by atoms with Crippen LogP contribution in [0.4, 0.5) is 4.39 Å². The molecule has 0 aliphatic carbocycles. The molecule has 1 aromatic heterocycles. The molecule has 0 saturated heterocycles. The third kappa shape index (κ3) is 4.38. The maximum Gasteiger partial charge on any atom is 0.220 e. The number of carbonyl (C=O) groups is 2. The summed E-state index contributed by atoms with van der Waals surface area (Å²) >= 11 is 0. The second-order valence-corrected chi connectivity index (χ2v) is 5.00. The van der Waals surface area contributed by atoms with E-state index in [0.717, 1.165) is 11.9 Å². The van der Waals surface area contributed by atoms with Crippen LogP contribution in [-0.2, 0) is 18.4 Å². The number of methoxy groups -OCH3 is 1. The minimum atomic E-state index is -0.599. The molecule has 1 aromatic carbocycles. The summed E-state index contributed by atoms with van der Waals surface area (Å²) in [6.45, 7) is 0.299. The van der Waals surface area contributed by atoms with E-state index in [2.05, 4.69) is 10.3 Å². The van der Waals surface area contributed by atoms with E-state index in [-0.39, 0.29) is 35.8 Å². The van der Waals surface area contributed by atoms with Crippen molar-refractivity contribution in [2.24, 2.45) is 7.05 Å². The zero-order chi connectivity index (χ0) is 16.8. The van der Waals surface area contributed by atoms with Crippen molar-refractivity contribution in [3.63, 3.8) is 0 Å². The number of aromatic nitrogens is 2. The Bertz CT molecular complexity index is 712. The average Bonchev–Trinajstić information content (AvgIpc) is 2.95. The summed E-state index contributed by atoms with van der Waals surface area (Å²) in [5, 5.41) is 2.69. The lowest BCUT2D eigenvalue weighted by molar-refractivity contribution is -0.121. The third-order valence-electron chi connectivity index (χ3n) is 3.42. The molecular weight excluding hydrogens is 301 g/mol. The molecule has 0 atom stereocenters. The van der Waals surface area contributed by atoms with Gasteiger partial charge >= 0.3 is 0 Å². The normalized spacial score (nSPS) is 10.4. The highest BCUT2D eigenvalue weighted by Crippen LogP contribution is 2.18.